The Morgan fingerprint density at radius 2 is 1.73 bits per heavy atom. The second-order valence-electron chi connectivity index (χ2n) is 5.41. The summed E-state index contributed by atoms with van der Waals surface area (Å²) in [5, 5.41) is 3.32. The van der Waals surface area contributed by atoms with Gasteiger partial charge in [0.2, 0.25) is 0 Å². The third-order valence-electron chi connectivity index (χ3n) is 3.87. The molecule has 2 amide bonds. The van der Waals surface area contributed by atoms with E-state index in [-0.39, 0.29) is 16.5 Å². The zero-order valence-corrected chi connectivity index (χ0v) is 15.0. The Morgan fingerprint density at radius 3 is 2.31 bits per heavy atom. The van der Waals surface area contributed by atoms with E-state index in [0.29, 0.717) is 32.8 Å². The first kappa shape index (κ1) is 17.6. The smallest absolute Gasteiger partial charge is 0.260 e. The van der Waals surface area contributed by atoms with E-state index in [2.05, 4.69) is 5.32 Å². The van der Waals surface area contributed by atoms with Crippen LogP contribution in [0.3, 0.4) is 0 Å². The van der Waals surface area contributed by atoms with E-state index in [9.17, 15) is 9.59 Å². The number of hydrogen-bond donors (Lipinski definition) is 3. The molecule has 0 radical (unpaired) electrons. The van der Waals surface area contributed by atoms with Gasteiger partial charge in [0.25, 0.3) is 11.8 Å². The number of nitrogens with two attached hydrogens (primary N) is 2. The van der Waals surface area contributed by atoms with Crippen molar-refractivity contribution in [2.24, 2.45) is 5.73 Å². The van der Waals surface area contributed by atoms with Crippen LogP contribution in [0.5, 0.6) is 11.5 Å². The Labute approximate surface area is 153 Å². The SMILES string of the molecule is COc1ccc(NC(=O)c2ccc(OC)c3c(N)c(C(N)=O)sc23)cc1. The standard InChI is InChI=1S/C18H17N3O4S/c1-24-10-5-3-9(4-6-10)21-18(23)11-7-8-12(25-2)13-14(19)16(17(20)22)26-15(11)13/h3-8H,19H2,1-2H3,(H2,20,22)(H,21,23). The molecule has 0 bridgehead atoms. The van der Waals surface area contributed by atoms with Crippen molar-refractivity contribution in [2.75, 3.05) is 25.3 Å². The minimum absolute atomic E-state index is 0.197. The molecule has 8 heteroatoms. The number of carbonyl (C=O) groups excluding carboxylic acids is 2. The molecule has 1 heterocycles. The fraction of sp³-hybridized carbons (Fsp3) is 0.111. The molecule has 0 aliphatic carbocycles. The zero-order chi connectivity index (χ0) is 18.8. The predicted molar refractivity (Wildman–Crippen MR) is 102 cm³/mol. The summed E-state index contributed by atoms with van der Waals surface area (Å²) >= 11 is 1.07. The Kier molecular flexibility index (Phi) is 4.68. The maximum atomic E-state index is 12.7. The van der Waals surface area contributed by atoms with E-state index in [1.807, 2.05) is 0 Å². The minimum Gasteiger partial charge on any atom is -0.497 e. The van der Waals surface area contributed by atoms with Crippen molar-refractivity contribution in [3.8, 4) is 11.5 Å². The van der Waals surface area contributed by atoms with E-state index in [1.165, 1.54) is 7.11 Å². The summed E-state index contributed by atoms with van der Waals surface area (Å²) < 4.78 is 10.9. The molecule has 0 saturated carbocycles. The van der Waals surface area contributed by atoms with Gasteiger partial charge in [-0.1, -0.05) is 0 Å². The lowest BCUT2D eigenvalue weighted by Gasteiger charge is -2.09. The number of anilines is 2. The van der Waals surface area contributed by atoms with Crippen LogP contribution in [0.1, 0.15) is 20.0 Å². The van der Waals surface area contributed by atoms with E-state index >= 15 is 0 Å². The number of hydrogen-bond acceptors (Lipinski definition) is 6. The lowest BCUT2D eigenvalue weighted by atomic mass is 10.1. The van der Waals surface area contributed by atoms with Gasteiger partial charge in [-0.05, 0) is 36.4 Å². The monoisotopic (exact) mass is 371 g/mol. The third kappa shape index (κ3) is 3.02. The largest absolute Gasteiger partial charge is 0.497 e. The highest BCUT2D eigenvalue weighted by Gasteiger charge is 2.22. The van der Waals surface area contributed by atoms with Crippen LogP contribution in [-0.2, 0) is 0 Å². The summed E-state index contributed by atoms with van der Waals surface area (Å²) in [6.45, 7) is 0. The van der Waals surface area contributed by atoms with Crippen LogP contribution in [-0.4, -0.2) is 26.0 Å². The summed E-state index contributed by atoms with van der Waals surface area (Å²) in [7, 11) is 3.06. The van der Waals surface area contributed by atoms with E-state index in [0.717, 1.165) is 11.3 Å². The number of thiophene rings is 1. The van der Waals surface area contributed by atoms with Crippen molar-refractivity contribution in [1.82, 2.24) is 0 Å². The van der Waals surface area contributed by atoms with Gasteiger partial charge in [-0.25, -0.2) is 0 Å². The van der Waals surface area contributed by atoms with Crippen LogP contribution in [0.4, 0.5) is 11.4 Å². The highest BCUT2D eigenvalue weighted by Crippen LogP contribution is 2.41. The van der Waals surface area contributed by atoms with Crippen LogP contribution in [0.2, 0.25) is 0 Å². The van der Waals surface area contributed by atoms with Crippen molar-refractivity contribution >= 4 is 44.6 Å². The molecule has 134 valence electrons. The lowest BCUT2D eigenvalue weighted by molar-refractivity contribution is 0.100. The summed E-state index contributed by atoms with van der Waals surface area (Å²) in [5.41, 5.74) is 12.6. The molecule has 0 fully saturated rings. The first-order valence-electron chi connectivity index (χ1n) is 7.60. The predicted octanol–water partition coefficient (Wildman–Crippen LogP) is 2.85. The minimum atomic E-state index is -0.646. The first-order valence-corrected chi connectivity index (χ1v) is 8.42. The maximum Gasteiger partial charge on any atom is 0.260 e. The molecule has 0 aliphatic heterocycles. The second kappa shape index (κ2) is 6.93. The van der Waals surface area contributed by atoms with Gasteiger partial charge in [0.05, 0.1) is 35.6 Å². The number of nitrogens with one attached hydrogen (secondary N) is 1. The number of ether oxygens (including phenoxy) is 2. The van der Waals surface area contributed by atoms with Gasteiger partial charge >= 0.3 is 0 Å². The van der Waals surface area contributed by atoms with Gasteiger partial charge in [0.1, 0.15) is 16.4 Å². The molecular formula is C18H17N3O4S. The quantitative estimate of drug-likeness (QED) is 0.637. The molecule has 3 rings (SSSR count). The fourth-order valence-electron chi connectivity index (χ4n) is 2.60. The molecule has 3 aromatic rings. The molecule has 2 aromatic carbocycles. The normalized spacial score (nSPS) is 10.5. The molecule has 26 heavy (non-hydrogen) atoms. The van der Waals surface area contributed by atoms with Crippen molar-refractivity contribution < 1.29 is 19.1 Å². The molecule has 0 saturated heterocycles. The van der Waals surface area contributed by atoms with Crippen molar-refractivity contribution in [3.63, 3.8) is 0 Å². The molecule has 0 unspecified atom stereocenters. The molecule has 0 spiro atoms. The van der Waals surface area contributed by atoms with E-state index in [1.54, 1.807) is 43.5 Å². The highest BCUT2D eigenvalue weighted by molar-refractivity contribution is 7.22. The lowest BCUT2D eigenvalue weighted by Crippen LogP contribution is -2.12. The van der Waals surface area contributed by atoms with Crippen LogP contribution < -0.4 is 26.3 Å². The Morgan fingerprint density at radius 1 is 1.04 bits per heavy atom. The van der Waals surface area contributed by atoms with Crippen molar-refractivity contribution in [1.29, 1.82) is 0 Å². The van der Waals surface area contributed by atoms with Crippen LogP contribution in [0.15, 0.2) is 36.4 Å². The number of primary amides is 1. The molecule has 5 N–H and O–H groups in total. The third-order valence-corrected chi connectivity index (χ3v) is 5.13. The number of nitrogen functional groups attached to an aromatic ring is 1. The molecule has 0 aliphatic rings. The molecule has 7 nitrogen and oxygen atoms in total. The van der Waals surface area contributed by atoms with E-state index in [4.69, 9.17) is 20.9 Å². The number of methoxy groups -OCH3 is 2. The number of fused-ring (bicyclic) bond motifs is 1. The summed E-state index contributed by atoms with van der Waals surface area (Å²) in [5.74, 6) is 0.182. The molecule has 1 aromatic heterocycles. The summed E-state index contributed by atoms with van der Waals surface area (Å²) in [6.07, 6.45) is 0. The van der Waals surface area contributed by atoms with Crippen LogP contribution >= 0.6 is 11.3 Å². The van der Waals surface area contributed by atoms with Gasteiger partial charge in [-0.2, -0.15) is 0 Å². The number of rotatable bonds is 5. The average molecular weight is 371 g/mol. The second-order valence-corrected chi connectivity index (χ2v) is 6.43. The van der Waals surface area contributed by atoms with Gasteiger partial charge in [-0.3, -0.25) is 9.59 Å². The average Bonchev–Trinajstić information content (AvgIpc) is 2.99. The van der Waals surface area contributed by atoms with Gasteiger partial charge < -0.3 is 26.3 Å². The maximum absolute atomic E-state index is 12.7. The Hall–Kier alpha value is -3.26. The Balaban J connectivity index is 2.04. The number of amides is 2. The van der Waals surface area contributed by atoms with Gasteiger partial charge in [0, 0.05) is 5.69 Å². The van der Waals surface area contributed by atoms with Crippen LogP contribution in [0, 0.1) is 0 Å². The number of benzene rings is 2. The Bertz CT molecular complexity index is 996. The van der Waals surface area contributed by atoms with Crippen molar-refractivity contribution in [2.45, 2.75) is 0 Å². The molecule has 0 atom stereocenters. The van der Waals surface area contributed by atoms with Crippen LogP contribution in [0.25, 0.3) is 10.1 Å². The first-order chi connectivity index (χ1) is 12.5. The topological polar surface area (TPSA) is 117 Å². The zero-order valence-electron chi connectivity index (χ0n) is 14.2. The summed E-state index contributed by atoms with van der Waals surface area (Å²) in [4.78, 5) is 24.6. The number of carbonyl (C=O) groups is 2. The van der Waals surface area contributed by atoms with Gasteiger partial charge in [0.15, 0.2) is 0 Å². The van der Waals surface area contributed by atoms with Crippen molar-refractivity contribution in [3.05, 3.63) is 46.8 Å². The van der Waals surface area contributed by atoms with Gasteiger partial charge in [-0.15, -0.1) is 11.3 Å². The fourth-order valence-corrected chi connectivity index (χ4v) is 3.70. The highest BCUT2D eigenvalue weighted by atomic mass is 32.1. The molecular weight excluding hydrogens is 354 g/mol. The summed E-state index contributed by atoms with van der Waals surface area (Å²) in [6, 6.07) is 10.2. The van der Waals surface area contributed by atoms with E-state index < -0.39 is 5.91 Å².